The lowest BCUT2D eigenvalue weighted by atomic mass is 10.0. The number of carbonyl (C=O) groups is 1. The van der Waals surface area contributed by atoms with E-state index >= 15 is 0 Å². The summed E-state index contributed by atoms with van der Waals surface area (Å²) < 4.78 is 48.9. The summed E-state index contributed by atoms with van der Waals surface area (Å²) in [7, 11) is 0. The van der Waals surface area contributed by atoms with Crippen molar-refractivity contribution in [3.8, 4) is 0 Å². The minimum Gasteiger partial charge on any atom is -0.377 e. The van der Waals surface area contributed by atoms with Crippen LogP contribution in [0, 0.1) is 0 Å². The van der Waals surface area contributed by atoms with Crippen molar-refractivity contribution in [1.82, 2.24) is 10.6 Å². The van der Waals surface area contributed by atoms with Gasteiger partial charge in [0.1, 0.15) is 12.1 Å². The molecular formula is C16H19F3N2O3. The summed E-state index contributed by atoms with van der Waals surface area (Å²) in [5.41, 5.74) is 1.62. The molecule has 2 aliphatic rings. The molecule has 0 aromatic heterocycles. The van der Waals surface area contributed by atoms with E-state index in [1.807, 2.05) is 0 Å². The molecule has 8 heteroatoms. The van der Waals surface area contributed by atoms with E-state index in [9.17, 15) is 18.0 Å². The van der Waals surface area contributed by atoms with Crippen LogP contribution in [0.3, 0.4) is 0 Å². The van der Waals surface area contributed by atoms with Crippen molar-refractivity contribution >= 4 is 5.91 Å². The van der Waals surface area contributed by atoms with Gasteiger partial charge in [0.05, 0.1) is 25.9 Å². The van der Waals surface area contributed by atoms with E-state index in [-0.39, 0.29) is 19.1 Å². The maximum Gasteiger partial charge on any atom is 0.406 e. The highest BCUT2D eigenvalue weighted by atomic mass is 19.4. The van der Waals surface area contributed by atoms with Crippen LogP contribution in [0.25, 0.3) is 0 Å². The van der Waals surface area contributed by atoms with Gasteiger partial charge in [-0.1, -0.05) is 24.3 Å². The summed E-state index contributed by atoms with van der Waals surface area (Å²) in [6, 6.07) is 4.97. The number of halogens is 3. The van der Waals surface area contributed by atoms with Crippen LogP contribution in [0.5, 0.6) is 0 Å². The first-order chi connectivity index (χ1) is 11.4. The van der Waals surface area contributed by atoms with Crippen LogP contribution in [0.1, 0.15) is 17.2 Å². The molecule has 5 nitrogen and oxygen atoms in total. The highest BCUT2D eigenvalue weighted by Gasteiger charge is 2.43. The van der Waals surface area contributed by atoms with E-state index < -0.39 is 24.4 Å². The third-order valence-corrected chi connectivity index (χ3v) is 4.18. The van der Waals surface area contributed by atoms with Gasteiger partial charge in [0, 0.05) is 13.0 Å². The number of hydrogen-bond donors (Lipinski definition) is 2. The predicted octanol–water partition coefficient (Wildman–Crippen LogP) is 1.34. The molecule has 1 aromatic rings. The molecule has 2 saturated heterocycles. The summed E-state index contributed by atoms with van der Waals surface area (Å²) in [6.07, 6.45) is -4.41. The SMILES string of the molecule is O=C1NCCOC1Cc1ccc(C2COCC(C(F)(F)F)N2)cc1. The molecule has 2 N–H and O–H groups in total. The third kappa shape index (κ3) is 4.06. The quantitative estimate of drug-likeness (QED) is 0.869. The lowest BCUT2D eigenvalue weighted by molar-refractivity contribution is -0.181. The fraction of sp³-hybridized carbons (Fsp3) is 0.562. The van der Waals surface area contributed by atoms with Crippen LogP contribution < -0.4 is 10.6 Å². The molecule has 24 heavy (non-hydrogen) atoms. The molecule has 3 atom stereocenters. The van der Waals surface area contributed by atoms with Crippen molar-refractivity contribution in [2.24, 2.45) is 0 Å². The molecule has 132 valence electrons. The Morgan fingerprint density at radius 1 is 1.17 bits per heavy atom. The van der Waals surface area contributed by atoms with Crippen LogP contribution in [0.15, 0.2) is 24.3 Å². The van der Waals surface area contributed by atoms with Gasteiger partial charge in [0.2, 0.25) is 5.91 Å². The number of hydrogen-bond acceptors (Lipinski definition) is 4. The summed E-state index contributed by atoms with van der Waals surface area (Å²) in [4.78, 5) is 11.7. The predicted molar refractivity (Wildman–Crippen MR) is 79.4 cm³/mol. The van der Waals surface area contributed by atoms with E-state index in [1.54, 1.807) is 24.3 Å². The molecule has 1 amide bonds. The maximum atomic E-state index is 12.8. The van der Waals surface area contributed by atoms with Gasteiger partial charge < -0.3 is 14.8 Å². The standard InChI is InChI=1S/C16H19F3N2O3/c17-16(18,19)14-9-23-8-12(21-14)11-3-1-10(2-4-11)7-13-15(22)20-5-6-24-13/h1-4,12-14,21H,5-9H2,(H,20,22). The molecule has 3 unspecified atom stereocenters. The first-order valence-electron chi connectivity index (χ1n) is 7.82. The number of rotatable bonds is 3. The Labute approximate surface area is 137 Å². The number of benzene rings is 1. The van der Waals surface area contributed by atoms with Gasteiger partial charge in [0.25, 0.3) is 0 Å². The van der Waals surface area contributed by atoms with Crippen molar-refractivity contribution in [2.75, 3.05) is 26.4 Å². The smallest absolute Gasteiger partial charge is 0.377 e. The van der Waals surface area contributed by atoms with E-state index in [0.717, 1.165) is 11.1 Å². The zero-order valence-electron chi connectivity index (χ0n) is 12.9. The Bertz CT molecular complexity index is 577. The van der Waals surface area contributed by atoms with Crippen molar-refractivity contribution in [3.05, 3.63) is 35.4 Å². The van der Waals surface area contributed by atoms with Crippen LogP contribution in [0.4, 0.5) is 13.2 Å². The second-order valence-electron chi connectivity index (χ2n) is 5.95. The van der Waals surface area contributed by atoms with Gasteiger partial charge in [-0.25, -0.2) is 0 Å². The van der Waals surface area contributed by atoms with E-state index in [0.29, 0.717) is 19.6 Å². The van der Waals surface area contributed by atoms with Gasteiger partial charge in [-0.05, 0) is 11.1 Å². The van der Waals surface area contributed by atoms with E-state index in [2.05, 4.69) is 10.6 Å². The van der Waals surface area contributed by atoms with Gasteiger partial charge in [-0.15, -0.1) is 0 Å². The summed E-state index contributed by atoms with van der Waals surface area (Å²) >= 11 is 0. The maximum absolute atomic E-state index is 12.8. The molecule has 0 spiro atoms. The summed E-state index contributed by atoms with van der Waals surface area (Å²) in [5, 5.41) is 5.32. The lowest BCUT2D eigenvalue weighted by Crippen LogP contribution is -2.51. The molecular weight excluding hydrogens is 325 g/mol. The van der Waals surface area contributed by atoms with Crippen LogP contribution in [-0.4, -0.2) is 50.6 Å². The van der Waals surface area contributed by atoms with Gasteiger partial charge >= 0.3 is 6.18 Å². The number of nitrogens with one attached hydrogen (secondary N) is 2. The molecule has 2 aliphatic heterocycles. The Balaban J connectivity index is 1.62. The number of alkyl halides is 3. The minimum atomic E-state index is -4.33. The van der Waals surface area contributed by atoms with E-state index in [4.69, 9.17) is 9.47 Å². The van der Waals surface area contributed by atoms with Crippen LogP contribution in [0.2, 0.25) is 0 Å². The Kier molecular flexibility index (Phi) is 5.07. The van der Waals surface area contributed by atoms with Gasteiger partial charge in [-0.2, -0.15) is 13.2 Å². The van der Waals surface area contributed by atoms with Crippen molar-refractivity contribution < 1.29 is 27.4 Å². The number of morpholine rings is 2. The first-order valence-corrected chi connectivity index (χ1v) is 7.82. The minimum absolute atomic E-state index is 0.138. The molecule has 0 radical (unpaired) electrons. The Hall–Kier alpha value is -1.64. The molecule has 0 aliphatic carbocycles. The Morgan fingerprint density at radius 2 is 1.92 bits per heavy atom. The van der Waals surface area contributed by atoms with Crippen molar-refractivity contribution in [3.63, 3.8) is 0 Å². The second-order valence-corrected chi connectivity index (χ2v) is 5.95. The molecule has 2 heterocycles. The van der Waals surface area contributed by atoms with Crippen LogP contribution in [-0.2, 0) is 20.7 Å². The fourth-order valence-electron chi connectivity index (χ4n) is 2.84. The molecule has 2 fully saturated rings. The number of ether oxygens (including phenoxy) is 2. The first kappa shape index (κ1) is 17.2. The zero-order chi connectivity index (χ0) is 17.2. The molecule has 1 aromatic carbocycles. The second kappa shape index (κ2) is 7.08. The average molecular weight is 344 g/mol. The summed E-state index contributed by atoms with van der Waals surface area (Å²) in [5.74, 6) is -0.138. The number of carbonyl (C=O) groups excluding carboxylic acids is 1. The number of amides is 1. The highest BCUT2D eigenvalue weighted by Crippen LogP contribution is 2.27. The largest absolute Gasteiger partial charge is 0.406 e. The topological polar surface area (TPSA) is 59.6 Å². The monoisotopic (exact) mass is 344 g/mol. The Morgan fingerprint density at radius 3 is 2.58 bits per heavy atom. The fourth-order valence-corrected chi connectivity index (χ4v) is 2.84. The van der Waals surface area contributed by atoms with Gasteiger partial charge in [0.15, 0.2) is 0 Å². The van der Waals surface area contributed by atoms with Crippen molar-refractivity contribution in [2.45, 2.75) is 30.8 Å². The van der Waals surface area contributed by atoms with Gasteiger partial charge in [-0.3, -0.25) is 10.1 Å². The lowest BCUT2D eigenvalue weighted by Gasteiger charge is -2.32. The molecule has 0 bridgehead atoms. The normalized spacial score (nSPS) is 28.5. The highest BCUT2D eigenvalue weighted by molar-refractivity contribution is 5.81. The van der Waals surface area contributed by atoms with E-state index in [1.165, 1.54) is 0 Å². The van der Waals surface area contributed by atoms with Crippen molar-refractivity contribution in [1.29, 1.82) is 0 Å². The zero-order valence-corrected chi connectivity index (χ0v) is 12.9. The molecule has 0 saturated carbocycles. The summed E-state index contributed by atoms with van der Waals surface area (Å²) in [6.45, 7) is 0.824. The third-order valence-electron chi connectivity index (χ3n) is 4.18. The van der Waals surface area contributed by atoms with Crippen LogP contribution >= 0.6 is 0 Å². The average Bonchev–Trinajstić information content (AvgIpc) is 2.57. The molecule has 3 rings (SSSR count).